The Bertz CT molecular complexity index is 1690. The monoisotopic (exact) mass is 504 g/mol. The molecule has 1 fully saturated rings. The quantitative estimate of drug-likeness (QED) is 0.337. The Kier molecular flexibility index (Phi) is 5.23. The SMILES string of the molecule is Cc1n[nH]c(C)c1-c1cn2nc3c4ncc(C(=O)NCCN5CCCC5(C)C)cc4[nH]c(=O)c3c2s1. The Hall–Kier alpha value is -3.57. The number of likely N-dealkylation sites (tertiary alicyclic amines) is 1. The first-order chi connectivity index (χ1) is 17.2. The number of H-pyrrole nitrogens is 2. The summed E-state index contributed by atoms with van der Waals surface area (Å²) in [7, 11) is 0. The largest absolute Gasteiger partial charge is 0.351 e. The average Bonchev–Trinajstić information content (AvgIpc) is 3.56. The Morgan fingerprint density at radius 1 is 1.28 bits per heavy atom. The zero-order valence-electron chi connectivity index (χ0n) is 20.7. The van der Waals surface area contributed by atoms with Gasteiger partial charge in [-0.25, -0.2) is 4.52 Å². The number of amides is 1. The molecule has 6 heterocycles. The highest BCUT2D eigenvalue weighted by Crippen LogP contribution is 2.35. The summed E-state index contributed by atoms with van der Waals surface area (Å²) in [5.74, 6) is -0.205. The van der Waals surface area contributed by atoms with Crippen LogP contribution in [0.4, 0.5) is 0 Å². The van der Waals surface area contributed by atoms with Gasteiger partial charge in [0.25, 0.3) is 11.5 Å². The van der Waals surface area contributed by atoms with Gasteiger partial charge < -0.3 is 10.3 Å². The second-order valence-corrected chi connectivity index (χ2v) is 11.1. The number of rotatable bonds is 5. The molecular formula is C25H28N8O2S. The van der Waals surface area contributed by atoms with E-state index >= 15 is 0 Å². The summed E-state index contributed by atoms with van der Waals surface area (Å²) in [6.45, 7) is 10.8. The Morgan fingerprint density at radius 3 is 2.83 bits per heavy atom. The summed E-state index contributed by atoms with van der Waals surface area (Å²) >= 11 is 1.49. The van der Waals surface area contributed by atoms with Crippen molar-refractivity contribution < 1.29 is 4.79 Å². The second kappa shape index (κ2) is 8.24. The van der Waals surface area contributed by atoms with Crippen molar-refractivity contribution in [3.8, 4) is 10.4 Å². The molecule has 0 aromatic carbocycles. The minimum atomic E-state index is -0.253. The molecule has 1 aliphatic heterocycles. The molecule has 11 heteroatoms. The topological polar surface area (TPSA) is 124 Å². The predicted octanol–water partition coefficient (Wildman–Crippen LogP) is 3.40. The standard InChI is InChI=1S/C25H28N8O2S/c1-13-18(14(2)30-29-13)17-12-33-24(36-17)19-21(31-33)20-16(28-23(19)35)10-15(11-27-20)22(34)26-7-9-32-8-5-6-25(32,3)4/h10-12H,5-9H2,1-4H3,(H,26,34)(H,28,35)(H,29,30). The number of aromatic amines is 2. The lowest BCUT2D eigenvalue weighted by atomic mass is 10.0. The van der Waals surface area contributed by atoms with Crippen LogP contribution in [0.25, 0.3) is 37.2 Å². The maximum Gasteiger partial charge on any atom is 0.261 e. The molecule has 0 aliphatic carbocycles. The van der Waals surface area contributed by atoms with Crippen molar-refractivity contribution in [1.82, 2.24) is 40.0 Å². The fourth-order valence-corrected chi connectivity index (χ4v) is 6.53. The number of hydrogen-bond donors (Lipinski definition) is 3. The third kappa shape index (κ3) is 3.61. The molecule has 0 spiro atoms. The maximum absolute atomic E-state index is 13.1. The van der Waals surface area contributed by atoms with Gasteiger partial charge in [-0.2, -0.15) is 10.2 Å². The van der Waals surface area contributed by atoms with Crippen LogP contribution in [0.2, 0.25) is 0 Å². The van der Waals surface area contributed by atoms with Crippen LogP contribution in [-0.2, 0) is 0 Å². The fraction of sp³-hybridized carbons (Fsp3) is 0.400. The number of nitrogens with one attached hydrogen (secondary N) is 3. The minimum absolute atomic E-state index is 0.176. The van der Waals surface area contributed by atoms with E-state index in [2.05, 4.69) is 49.3 Å². The van der Waals surface area contributed by atoms with Crippen molar-refractivity contribution in [2.75, 3.05) is 19.6 Å². The zero-order valence-corrected chi connectivity index (χ0v) is 21.5. The molecule has 10 nitrogen and oxygen atoms in total. The number of aromatic nitrogens is 6. The number of nitrogens with zero attached hydrogens (tertiary/aromatic N) is 5. The van der Waals surface area contributed by atoms with E-state index in [4.69, 9.17) is 0 Å². The number of aryl methyl sites for hydroxylation is 2. The van der Waals surface area contributed by atoms with Crippen LogP contribution in [-0.4, -0.2) is 65.8 Å². The van der Waals surface area contributed by atoms with Crippen molar-refractivity contribution in [3.63, 3.8) is 0 Å². The van der Waals surface area contributed by atoms with Gasteiger partial charge in [0, 0.05) is 42.3 Å². The van der Waals surface area contributed by atoms with E-state index < -0.39 is 0 Å². The number of carbonyl (C=O) groups is 1. The third-order valence-electron chi connectivity index (χ3n) is 7.28. The lowest BCUT2D eigenvalue weighted by Gasteiger charge is -2.31. The Balaban J connectivity index is 1.30. The van der Waals surface area contributed by atoms with Gasteiger partial charge in [0.1, 0.15) is 21.3 Å². The summed E-state index contributed by atoms with van der Waals surface area (Å²) in [5.41, 5.74) is 4.81. The van der Waals surface area contributed by atoms with E-state index in [0.29, 0.717) is 34.0 Å². The van der Waals surface area contributed by atoms with Crippen molar-refractivity contribution in [2.24, 2.45) is 0 Å². The minimum Gasteiger partial charge on any atom is -0.351 e. The van der Waals surface area contributed by atoms with Gasteiger partial charge in [0.15, 0.2) is 0 Å². The van der Waals surface area contributed by atoms with Gasteiger partial charge in [-0.1, -0.05) is 0 Å². The number of pyridine rings is 2. The highest BCUT2D eigenvalue weighted by Gasteiger charge is 2.31. The van der Waals surface area contributed by atoms with E-state index in [-0.39, 0.29) is 17.0 Å². The molecule has 0 radical (unpaired) electrons. The van der Waals surface area contributed by atoms with Crippen LogP contribution in [0.15, 0.2) is 23.3 Å². The zero-order chi connectivity index (χ0) is 25.2. The van der Waals surface area contributed by atoms with Gasteiger partial charge in [-0.15, -0.1) is 11.3 Å². The molecule has 3 N–H and O–H groups in total. The highest BCUT2D eigenvalue weighted by molar-refractivity contribution is 7.21. The van der Waals surface area contributed by atoms with Gasteiger partial charge in [0.05, 0.1) is 21.7 Å². The van der Waals surface area contributed by atoms with Gasteiger partial charge in [-0.05, 0) is 53.1 Å². The van der Waals surface area contributed by atoms with Crippen LogP contribution in [0.3, 0.4) is 0 Å². The first-order valence-electron chi connectivity index (χ1n) is 12.1. The van der Waals surface area contributed by atoms with Crippen molar-refractivity contribution in [1.29, 1.82) is 0 Å². The lowest BCUT2D eigenvalue weighted by molar-refractivity contribution is 0.0940. The van der Waals surface area contributed by atoms with Crippen LogP contribution in [0.5, 0.6) is 0 Å². The molecule has 1 amide bonds. The molecule has 186 valence electrons. The molecule has 0 saturated carbocycles. The number of carbonyl (C=O) groups excluding carboxylic acids is 1. The summed E-state index contributed by atoms with van der Waals surface area (Å²) in [5, 5.41) is 15.4. The highest BCUT2D eigenvalue weighted by atomic mass is 32.1. The first-order valence-corrected chi connectivity index (χ1v) is 12.9. The van der Waals surface area contributed by atoms with E-state index in [0.717, 1.165) is 39.7 Å². The first kappa shape index (κ1) is 22.9. The molecule has 36 heavy (non-hydrogen) atoms. The summed E-state index contributed by atoms with van der Waals surface area (Å²) in [6, 6.07) is 1.68. The van der Waals surface area contributed by atoms with Crippen molar-refractivity contribution in [3.05, 3.63) is 45.8 Å². The van der Waals surface area contributed by atoms with Gasteiger partial charge >= 0.3 is 0 Å². The van der Waals surface area contributed by atoms with E-state index in [1.807, 2.05) is 20.0 Å². The van der Waals surface area contributed by atoms with Crippen molar-refractivity contribution >= 4 is 44.0 Å². The maximum atomic E-state index is 13.1. The molecular weight excluding hydrogens is 476 g/mol. The average molecular weight is 505 g/mol. The van der Waals surface area contributed by atoms with Crippen LogP contribution < -0.4 is 10.9 Å². The molecule has 1 aliphatic rings. The van der Waals surface area contributed by atoms with Crippen LogP contribution in [0, 0.1) is 13.8 Å². The molecule has 6 rings (SSSR count). The predicted molar refractivity (Wildman–Crippen MR) is 141 cm³/mol. The third-order valence-corrected chi connectivity index (χ3v) is 8.39. The van der Waals surface area contributed by atoms with Gasteiger partial charge in [-0.3, -0.25) is 24.6 Å². The Morgan fingerprint density at radius 2 is 2.11 bits per heavy atom. The normalized spacial score (nSPS) is 16.0. The summed E-state index contributed by atoms with van der Waals surface area (Å²) in [6.07, 6.45) is 5.83. The van der Waals surface area contributed by atoms with E-state index in [1.54, 1.807) is 16.8 Å². The number of hydrogen-bond acceptors (Lipinski definition) is 7. The molecule has 0 unspecified atom stereocenters. The van der Waals surface area contributed by atoms with Crippen molar-refractivity contribution in [2.45, 2.75) is 46.1 Å². The molecule has 0 atom stereocenters. The lowest BCUT2D eigenvalue weighted by Crippen LogP contribution is -2.43. The molecule has 5 aromatic heterocycles. The van der Waals surface area contributed by atoms with Gasteiger partial charge in [0.2, 0.25) is 0 Å². The molecule has 1 saturated heterocycles. The van der Waals surface area contributed by atoms with E-state index in [9.17, 15) is 9.59 Å². The van der Waals surface area contributed by atoms with Crippen LogP contribution in [0.1, 0.15) is 48.4 Å². The Labute approximate surface area is 210 Å². The summed E-state index contributed by atoms with van der Waals surface area (Å²) < 4.78 is 1.73. The van der Waals surface area contributed by atoms with Crippen LogP contribution >= 0.6 is 11.3 Å². The summed E-state index contributed by atoms with van der Waals surface area (Å²) in [4.78, 5) is 37.5. The fourth-order valence-electron chi connectivity index (χ4n) is 5.29. The molecule has 5 aromatic rings. The molecule has 0 bridgehead atoms. The second-order valence-electron chi connectivity index (χ2n) is 10.1. The smallest absolute Gasteiger partial charge is 0.261 e. The number of fused-ring (bicyclic) bond motifs is 5. The number of thiazole rings is 1. The van der Waals surface area contributed by atoms with E-state index in [1.165, 1.54) is 24.2 Å².